The predicted molar refractivity (Wildman–Crippen MR) is 262 cm³/mol. The Morgan fingerprint density at radius 3 is 2.06 bits per heavy atom. The van der Waals surface area contributed by atoms with E-state index >= 15 is 0 Å². The van der Waals surface area contributed by atoms with Gasteiger partial charge in [0.2, 0.25) is 23.7 Å². The lowest BCUT2D eigenvalue weighted by atomic mass is 9.94. The number of urea groups is 1. The van der Waals surface area contributed by atoms with Crippen molar-refractivity contribution < 1.29 is 56.2 Å². The summed E-state index contributed by atoms with van der Waals surface area (Å²) in [6.07, 6.45) is -0.221. The summed E-state index contributed by atoms with van der Waals surface area (Å²) in [5.41, 5.74) is 3.31. The largest absolute Gasteiger partial charge is 0.487 e. The van der Waals surface area contributed by atoms with Gasteiger partial charge < -0.3 is 46.1 Å². The maximum Gasteiger partial charge on any atom is 0.407 e. The van der Waals surface area contributed by atoms with E-state index in [-0.39, 0.29) is 50.2 Å². The van der Waals surface area contributed by atoms with Gasteiger partial charge >= 0.3 is 18.1 Å². The summed E-state index contributed by atoms with van der Waals surface area (Å²) in [6, 6.07) is 3.35. The van der Waals surface area contributed by atoms with Crippen molar-refractivity contribution in [3.63, 3.8) is 0 Å². The molecule has 71 heavy (non-hydrogen) atoms. The fourth-order valence-corrected chi connectivity index (χ4v) is 9.36. The molecule has 3 atom stereocenters. The monoisotopic (exact) mass is 1010 g/mol. The van der Waals surface area contributed by atoms with Crippen LogP contribution < -0.4 is 46.8 Å². The van der Waals surface area contributed by atoms with Crippen LogP contribution in [0.25, 0.3) is 0 Å². The van der Waals surface area contributed by atoms with E-state index in [9.17, 15) is 42.0 Å². The highest BCUT2D eigenvalue weighted by Gasteiger charge is 2.37. The van der Waals surface area contributed by atoms with Crippen molar-refractivity contribution in [1.82, 2.24) is 47.1 Å². The molecule has 1 saturated heterocycles. The molecule has 0 aromatic heterocycles. The minimum absolute atomic E-state index is 0.0112. The number of carbonyl (C=O) groups excluding carboxylic acids is 7. The van der Waals surface area contributed by atoms with Crippen molar-refractivity contribution in [3.05, 3.63) is 58.1 Å². The van der Waals surface area contributed by atoms with Crippen LogP contribution in [0.15, 0.2) is 35.2 Å². The molecule has 4 rings (SSSR count). The Balaban J connectivity index is 1.57. The number of sulfonamides is 1. The minimum atomic E-state index is -4.26. The molecule has 2 aliphatic heterocycles. The molecule has 1 fully saturated rings. The molecule has 0 saturated carbocycles. The van der Waals surface area contributed by atoms with E-state index < -0.39 is 106 Å². The molecule has 0 aliphatic carbocycles. The molecule has 0 unspecified atom stereocenters. The van der Waals surface area contributed by atoms with Crippen LogP contribution in [0.2, 0.25) is 0 Å². The Morgan fingerprint density at radius 2 is 1.41 bits per heavy atom. The van der Waals surface area contributed by atoms with Gasteiger partial charge in [0.25, 0.3) is 15.9 Å². The average Bonchev–Trinajstić information content (AvgIpc) is 3.58. The molecule has 0 bridgehead atoms. The number of guanidine groups is 1. The van der Waals surface area contributed by atoms with Crippen LogP contribution in [0.5, 0.6) is 5.75 Å². The van der Waals surface area contributed by atoms with Crippen molar-refractivity contribution in [2.45, 2.75) is 167 Å². The summed E-state index contributed by atoms with van der Waals surface area (Å²) in [5, 5.41) is 25.0. The molecular formula is C48H72N10O12S. The first kappa shape index (κ1) is 56.9. The highest BCUT2D eigenvalue weighted by molar-refractivity contribution is 7.90. The normalized spacial score (nSPS) is 18.9. The minimum Gasteiger partial charge on any atom is -0.487 e. The highest BCUT2D eigenvalue weighted by atomic mass is 32.2. The first-order valence-electron chi connectivity index (χ1n) is 23.6. The zero-order chi connectivity index (χ0) is 53.1. The maximum atomic E-state index is 14.2. The molecule has 23 heteroatoms. The Kier molecular flexibility index (Phi) is 19.2. The third-order valence-corrected chi connectivity index (χ3v) is 12.8. The Morgan fingerprint density at radius 1 is 0.789 bits per heavy atom. The number of alkyl carbamates (subject to hydrolysis) is 1. The first-order chi connectivity index (χ1) is 32.9. The van der Waals surface area contributed by atoms with E-state index in [2.05, 4.69) is 42.0 Å². The predicted octanol–water partition coefficient (Wildman–Crippen LogP) is 3.05. The molecule has 2 heterocycles. The van der Waals surface area contributed by atoms with Crippen LogP contribution in [-0.4, -0.2) is 116 Å². The molecule has 2 aliphatic rings. The Bertz CT molecular complexity index is 2430. The van der Waals surface area contributed by atoms with Gasteiger partial charge in [-0.3, -0.25) is 34.8 Å². The van der Waals surface area contributed by atoms with Gasteiger partial charge in [0.1, 0.15) is 40.7 Å². The summed E-state index contributed by atoms with van der Waals surface area (Å²) in [6.45, 7) is 18.2. The Labute approximate surface area is 416 Å². The van der Waals surface area contributed by atoms with Crippen molar-refractivity contribution >= 4 is 57.7 Å². The standard InChI is InChI=1S/C48H72N10O12S/c1-28-29(2)39(30(3)32-25-48(10,11)69-38(28)32)71(66,67)57-43(49)50-23-17-21-33-40(61)52-26-36(59)53-35(24-37(60)68-46(4,5)6)42(63)56-58(27-31-18-13-12-14-19-31)44(64)55-34(41(62)54-33)20-15-16-22-51-45(65)70-47(7,8)9/h12-14,18-19,33-35H,15-17,20-27H2,1-11H3,(H,51,65)(H,52,61)(H,53,59)(H,54,62)(H,55,64)(H,56,63)(H3,49,50,57)/t33-,34-,35-/m0/s1. The topological polar surface area (TPSA) is 305 Å². The Hall–Kier alpha value is -6.65. The van der Waals surface area contributed by atoms with Gasteiger partial charge in [-0.15, -0.1) is 0 Å². The second kappa shape index (κ2) is 24.0. The number of carbonyl (C=O) groups is 7. The van der Waals surface area contributed by atoms with Crippen LogP contribution in [0.1, 0.15) is 122 Å². The summed E-state index contributed by atoms with van der Waals surface area (Å²) >= 11 is 0. The van der Waals surface area contributed by atoms with Crippen LogP contribution in [0, 0.1) is 26.2 Å². The number of hydrogen-bond acceptors (Lipinski definition) is 13. The van der Waals surface area contributed by atoms with Crippen molar-refractivity contribution in [2.75, 3.05) is 19.6 Å². The zero-order valence-electron chi connectivity index (χ0n) is 42.7. The lowest BCUT2D eigenvalue weighted by molar-refractivity contribution is -0.157. The molecule has 7 amide bonds. The van der Waals surface area contributed by atoms with Gasteiger partial charge in [-0.1, -0.05) is 30.3 Å². The number of hydrogen-bond donors (Lipinski definition) is 9. The second-order valence-electron chi connectivity index (χ2n) is 20.3. The average molecular weight is 1010 g/mol. The van der Waals surface area contributed by atoms with Crippen molar-refractivity contribution in [1.29, 1.82) is 5.41 Å². The lowest BCUT2D eigenvalue weighted by Crippen LogP contribution is -2.59. The number of hydrazine groups is 1. The van der Waals surface area contributed by atoms with E-state index in [1.54, 1.807) is 92.6 Å². The number of rotatable bonds is 15. The van der Waals surface area contributed by atoms with E-state index in [1.807, 2.05) is 13.8 Å². The summed E-state index contributed by atoms with van der Waals surface area (Å²) in [7, 11) is -4.26. The van der Waals surface area contributed by atoms with E-state index in [4.69, 9.17) is 19.6 Å². The smallest absolute Gasteiger partial charge is 0.407 e. The second-order valence-corrected chi connectivity index (χ2v) is 21.9. The number of fused-ring (bicyclic) bond motifs is 1. The number of benzene rings is 2. The summed E-state index contributed by atoms with van der Waals surface area (Å²) in [4.78, 5) is 94.8. The van der Waals surface area contributed by atoms with Crippen LogP contribution in [-0.2, 0) is 56.4 Å². The van der Waals surface area contributed by atoms with Crippen molar-refractivity contribution in [3.8, 4) is 5.75 Å². The fraction of sp³-hybridized carbons (Fsp3) is 0.583. The van der Waals surface area contributed by atoms with Crippen molar-refractivity contribution in [2.24, 2.45) is 0 Å². The van der Waals surface area contributed by atoms with Gasteiger partial charge in [-0.25, -0.2) is 27.7 Å². The van der Waals surface area contributed by atoms with E-state index in [0.717, 1.165) is 10.6 Å². The molecule has 392 valence electrons. The first-order valence-corrected chi connectivity index (χ1v) is 25.1. The maximum absolute atomic E-state index is 14.2. The number of amides is 7. The molecule has 2 aromatic carbocycles. The highest BCUT2D eigenvalue weighted by Crippen LogP contribution is 2.43. The van der Waals surface area contributed by atoms with E-state index in [1.165, 1.54) is 0 Å². The third-order valence-electron chi connectivity index (χ3n) is 11.1. The van der Waals surface area contributed by atoms with Gasteiger partial charge in [0, 0.05) is 25.1 Å². The molecule has 9 N–H and O–H groups in total. The van der Waals surface area contributed by atoms with Gasteiger partial charge in [-0.2, -0.15) is 0 Å². The van der Waals surface area contributed by atoms with Gasteiger partial charge in [0.15, 0.2) is 0 Å². The van der Waals surface area contributed by atoms with Gasteiger partial charge in [-0.05, 0) is 131 Å². The summed E-state index contributed by atoms with van der Waals surface area (Å²) < 4.78 is 46.7. The molecule has 0 radical (unpaired) electrons. The SMILES string of the molecule is Cc1c(C)c(S(=O)(=O)NC(=N)NCCC[C@@H]2NC(=O)[C@H](CCCCNC(=O)OC(C)(C)C)NC(=O)N(Cc3ccccc3)NC(=O)[C@H](CC(=O)OC(C)(C)C)NC(=O)CNC2=O)c(C)c2c1OC(C)(C)C2. The van der Waals surface area contributed by atoms with Crippen LogP contribution >= 0.6 is 0 Å². The zero-order valence-corrected chi connectivity index (χ0v) is 43.5. The molecular weight excluding hydrogens is 941 g/mol. The molecule has 2 aromatic rings. The number of nitrogens with one attached hydrogen (secondary N) is 9. The number of esters is 1. The van der Waals surface area contributed by atoms with Crippen LogP contribution in [0.3, 0.4) is 0 Å². The quantitative estimate of drug-likeness (QED) is 0.0537. The summed E-state index contributed by atoms with van der Waals surface area (Å²) in [5.74, 6) is -4.22. The number of ether oxygens (including phenoxy) is 3. The fourth-order valence-electron chi connectivity index (χ4n) is 7.84. The van der Waals surface area contributed by atoms with Crippen LogP contribution in [0.4, 0.5) is 9.59 Å². The lowest BCUT2D eigenvalue weighted by Gasteiger charge is -2.29. The molecule has 22 nitrogen and oxygen atoms in total. The molecule has 0 spiro atoms. The van der Waals surface area contributed by atoms with E-state index in [0.29, 0.717) is 40.8 Å². The number of nitrogens with zero attached hydrogens (tertiary/aromatic N) is 1. The third kappa shape index (κ3) is 17.6. The van der Waals surface area contributed by atoms with Gasteiger partial charge in [0.05, 0.1) is 24.4 Å². The number of unbranched alkanes of at least 4 members (excludes halogenated alkanes) is 1.